The quantitative estimate of drug-likeness (QED) is 0.663. The van der Waals surface area contributed by atoms with Crippen LogP contribution in [0.15, 0.2) is 29.3 Å². The van der Waals surface area contributed by atoms with E-state index >= 15 is 0 Å². The van der Waals surface area contributed by atoms with Crippen molar-refractivity contribution >= 4 is 32.3 Å². The van der Waals surface area contributed by atoms with Gasteiger partial charge in [-0.05, 0) is 32.0 Å². The number of ether oxygens (including phenoxy) is 2. The molecule has 0 spiro atoms. The lowest BCUT2D eigenvalue weighted by Crippen LogP contribution is -2.13. The number of rotatable bonds is 5. The van der Waals surface area contributed by atoms with Crippen LogP contribution >= 0.6 is 11.3 Å². The van der Waals surface area contributed by atoms with E-state index in [0.29, 0.717) is 26.8 Å². The normalized spacial score (nSPS) is 11.7. The molecule has 2 aromatic heterocycles. The molecular weight excluding hydrogens is 378 g/mol. The molecule has 0 aliphatic carbocycles. The summed E-state index contributed by atoms with van der Waals surface area (Å²) in [6.45, 7) is 3.82. The zero-order valence-corrected chi connectivity index (χ0v) is 16.0. The summed E-state index contributed by atoms with van der Waals surface area (Å²) >= 11 is 1.20. The Balaban J connectivity index is 2.19. The average Bonchev–Trinajstić information content (AvgIpc) is 3.10. The van der Waals surface area contributed by atoms with Crippen LogP contribution in [0, 0.1) is 6.92 Å². The van der Waals surface area contributed by atoms with Crippen LogP contribution in [0.3, 0.4) is 0 Å². The van der Waals surface area contributed by atoms with Gasteiger partial charge in [-0.25, -0.2) is 23.3 Å². The van der Waals surface area contributed by atoms with E-state index in [1.807, 2.05) is 0 Å². The van der Waals surface area contributed by atoms with E-state index in [9.17, 15) is 13.2 Å². The van der Waals surface area contributed by atoms with E-state index in [2.05, 4.69) is 4.98 Å². The minimum Gasteiger partial charge on any atom is -0.495 e. The molecule has 0 aliphatic rings. The summed E-state index contributed by atoms with van der Waals surface area (Å²) in [7, 11) is -2.60. The number of primary sulfonamides is 1. The Morgan fingerprint density at radius 2 is 2.12 bits per heavy atom. The highest BCUT2D eigenvalue weighted by Crippen LogP contribution is 2.33. The number of fused-ring (bicyclic) bond motifs is 1. The van der Waals surface area contributed by atoms with Crippen LogP contribution < -0.4 is 9.88 Å². The van der Waals surface area contributed by atoms with Gasteiger partial charge in [-0.3, -0.25) is 4.40 Å². The monoisotopic (exact) mass is 395 g/mol. The van der Waals surface area contributed by atoms with Crippen LogP contribution in [0.5, 0.6) is 5.75 Å². The van der Waals surface area contributed by atoms with Gasteiger partial charge in [0.2, 0.25) is 10.0 Å². The predicted octanol–water partition coefficient (Wildman–Crippen LogP) is 2.20. The van der Waals surface area contributed by atoms with Gasteiger partial charge < -0.3 is 9.47 Å². The average molecular weight is 395 g/mol. The fourth-order valence-electron chi connectivity index (χ4n) is 2.64. The van der Waals surface area contributed by atoms with E-state index < -0.39 is 16.0 Å². The first kappa shape index (κ1) is 18.4. The van der Waals surface area contributed by atoms with Crippen LogP contribution in [0.2, 0.25) is 0 Å². The topological polar surface area (TPSA) is 113 Å². The molecule has 0 aliphatic heterocycles. The van der Waals surface area contributed by atoms with Crippen LogP contribution in [0.25, 0.3) is 16.2 Å². The van der Waals surface area contributed by atoms with E-state index in [1.54, 1.807) is 30.5 Å². The SMILES string of the molecule is CCOC(=O)c1cn2c(-c3ccc(OC)c(S(N)(=O)=O)c3)c(C)nc2s1. The van der Waals surface area contributed by atoms with Crippen molar-refractivity contribution in [2.75, 3.05) is 13.7 Å². The number of hydrogen-bond acceptors (Lipinski definition) is 7. The first-order chi connectivity index (χ1) is 12.3. The number of carbonyl (C=O) groups excluding carboxylic acids is 1. The Hall–Kier alpha value is -2.43. The fourth-order valence-corrected chi connectivity index (χ4v) is 4.29. The van der Waals surface area contributed by atoms with E-state index in [4.69, 9.17) is 14.6 Å². The molecule has 2 heterocycles. The largest absolute Gasteiger partial charge is 0.495 e. The van der Waals surface area contributed by atoms with Crippen molar-refractivity contribution in [3.05, 3.63) is 35.0 Å². The van der Waals surface area contributed by atoms with E-state index in [0.717, 1.165) is 0 Å². The maximum absolute atomic E-state index is 11.9. The Labute approximate surface area is 154 Å². The van der Waals surface area contributed by atoms with Gasteiger partial charge in [0.25, 0.3) is 0 Å². The van der Waals surface area contributed by atoms with Gasteiger partial charge in [0.1, 0.15) is 15.5 Å². The van der Waals surface area contributed by atoms with Crippen LogP contribution in [-0.4, -0.2) is 37.5 Å². The zero-order chi connectivity index (χ0) is 19.1. The Morgan fingerprint density at radius 1 is 1.38 bits per heavy atom. The molecule has 0 bridgehead atoms. The second-order valence-corrected chi connectivity index (χ2v) is 7.96. The number of nitrogens with zero attached hydrogens (tertiary/aromatic N) is 2. The third-order valence-electron chi connectivity index (χ3n) is 3.72. The van der Waals surface area contributed by atoms with Gasteiger partial charge in [0, 0.05) is 11.8 Å². The standard InChI is InChI=1S/C16H17N3O5S2/c1-4-24-15(20)12-8-19-14(9(2)18-16(19)25-12)10-5-6-11(23-3)13(7-10)26(17,21)22/h5-8H,4H2,1-3H3,(H2,17,21,22). The highest BCUT2D eigenvalue weighted by molar-refractivity contribution is 7.89. The van der Waals surface area contributed by atoms with Gasteiger partial charge in [-0.2, -0.15) is 0 Å². The molecule has 26 heavy (non-hydrogen) atoms. The zero-order valence-electron chi connectivity index (χ0n) is 14.3. The molecule has 2 N–H and O–H groups in total. The molecule has 10 heteroatoms. The number of hydrogen-bond donors (Lipinski definition) is 1. The molecule has 0 atom stereocenters. The molecule has 8 nitrogen and oxygen atoms in total. The van der Waals surface area contributed by atoms with Crippen LogP contribution in [-0.2, 0) is 14.8 Å². The summed E-state index contributed by atoms with van der Waals surface area (Å²) in [6, 6.07) is 4.69. The third kappa shape index (κ3) is 3.18. The number of thiazole rings is 1. The molecule has 0 saturated heterocycles. The summed E-state index contributed by atoms with van der Waals surface area (Å²) in [4.78, 5) is 17.3. The number of carbonyl (C=O) groups is 1. The summed E-state index contributed by atoms with van der Waals surface area (Å²) in [5.74, 6) is -0.265. The van der Waals surface area contributed by atoms with Gasteiger partial charge >= 0.3 is 5.97 Å². The molecular formula is C16H17N3O5S2. The molecule has 1 aromatic carbocycles. The van der Waals surface area contributed by atoms with Gasteiger partial charge in [-0.1, -0.05) is 11.3 Å². The molecule has 0 unspecified atom stereocenters. The molecule has 138 valence electrons. The number of sulfonamides is 1. The number of benzene rings is 1. The second kappa shape index (κ2) is 6.71. The molecule has 0 amide bonds. The summed E-state index contributed by atoms with van der Waals surface area (Å²) in [5, 5.41) is 5.29. The minimum atomic E-state index is -3.97. The van der Waals surface area contributed by atoms with Crippen molar-refractivity contribution in [2.45, 2.75) is 18.7 Å². The van der Waals surface area contributed by atoms with E-state index in [-0.39, 0.29) is 17.3 Å². The highest BCUT2D eigenvalue weighted by Gasteiger charge is 2.21. The Kier molecular flexibility index (Phi) is 4.74. The fraction of sp³-hybridized carbons (Fsp3) is 0.250. The van der Waals surface area contributed by atoms with Crippen molar-refractivity contribution < 1.29 is 22.7 Å². The predicted molar refractivity (Wildman–Crippen MR) is 97.1 cm³/mol. The molecule has 3 rings (SSSR count). The van der Waals surface area contributed by atoms with Crippen LogP contribution in [0.4, 0.5) is 0 Å². The lowest BCUT2D eigenvalue weighted by molar-refractivity contribution is 0.0531. The number of imidazole rings is 1. The minimum absolute atomic E-state index is 0.118. The number of aryl methyl sites for hydroxylation is 1. The maximum Gasteiger partial charge on any atom is 0.349 e. The molecule has 0 fully saturated rings. The van der Waals surface area contributed by atoms with Gasteiger partial charge in [-0.15, -0.1) is 0 Å². The number of nitrogens with two attached hydrogens (primary N) is 1. The van der Waals surface area contributed by atoms with Crippen molar-refractivity contribution in [3.63, 3.8) is 0 Å². The lowest BCUT2D eigenvalue weighted by atomic mass is 10.1. The number of esters is 1. The smallest absolute Gasteiger partial charge is 0.349 e. The van der Waals surface area contributed by atoms with Crippen molar-refractivity contribution in [2.24, 2.45) is 5.14 Å². The molecule has 0 radical (unpaired) electrons. The third-order valence-corrected chi connectivity index (χ3v) is 5.62. The van der Waals surface area contributed by atoms with Crippen molar-refractivity contribution in [1.82, 2.24) is 9.38 Å². The Morgan fingerprint density at radius 3 is 2.73 bits per heavy atom. The summed E-state index contributed by atoms with van der Waals surface area (Å²) in [5.41, 5.74) is 1.95. The summed E-state index contributed by atoms with van der Waals surface area (Å²) < 4.78 is 35.6. The number of aromatic nitrogens is 2. The number of methoxy groups -OCH3 is 1. The molecule has 0 saturated carbocycles. The highest BCUT2D eigenvalue weighted by atomic mass is 32.2. The van der Waals surface area contributed by atoms with Crippen LogP contribution in [0.1, 0.15) is 22.3 Å². The maximum atomic E-state index is 11.9. The summed E-state index contributed by atoms with van der Waals surface area (Å²) in [6.07, 6.45) is 1.63. The second-order valence-electron chi connectivity index (χ2n) is 5.42. The van der Waals surface area contributed by atoms with Gasteiger partial charge in [0.05, 0.1) is 25.1 Å². The Bertz CT molecular complexity index is 1100. The van der Waals surface area contributed by atoms with Crippen molar-refractivity contribution in [3.8, 4) is 17.0 Å². The first-order valence-electron chi connectivity index (χ1n) is 7.63. The van der Waals surface area contributed by atoms with Crippen molar-refractivity contribution in [1.29, 1.82) is 0 Å². The van der Waals surface area contributed by atoms with E-state index in [1.165, 1.54) is 30.6 Å². The molecule has 3 aromatic rings. The lowest BCUT2D eigenvalue weighted by Gasteiger charge is -2.09. The van der Waals surface area contributed by atoms with Gasteiger partial charge in [0.15, 0.2) is 4.96 Å². The first-order valence-corrected chi connectivity index (χ1v) is 9.99.